The molecule has 0 unspecified atom stereocenters. The second-order valence-electron chi connectivity index (χ2n) is 7.55. The minimum absolute atomic E-state index is 0.112. The van der Waals surface area contributed by atoms with Crippen LogP contribution in [0.15, 0.2) is 42.5 Å². The van der Waals surface area contributed by atoms with Crippen LogP contribution in [0.4, 0.5) is 5.69 Å². The second kappa shape index (κ2) is 7.54. The molecule has 0 saturated heterocycles. The van der Waals surface area contributed by atoms with E-state index in [9.17, 15) is 0 Å². The Morgan fingerprint density at radius 3 is 2.31 bits per heavy atom. The van der Waals surface area contributed by atoms with Crippen LogP contribution < -0.4 is 20.1 Å². The third kappa shape index (κ3) is 4.47. The highest BCUT2D eigenvalue weighted by molar-refractivity contribution is 7.80. The lowest BCUT2D eigenvalue weighted by molar-refractivity contribution is 0.171. The first kappa shape index (κ1) is 18.5. The maximum atomic E-state index is 5.61. The Bertz CT molecular complexity index is 782. The van der Waals surface area contributed by atoms with E-state index in [2.05, 4.69) is 62.6 Å². The zero-order valence-electron chi connectivity index (χ0n) is 15.8. The Balaban J connectivity index is 1.61. The Hall–Kier alpha value is -2.27. The first-order valence-electron chi connectivity index (χ1n) is 8.90. The van der Waals surface area contributed by atoms with Gasteiger partial charge in [-0.1, -0.05) is 45.0 Å². The van der Waals surface area contributed by atoms with Gasteiger partial charge in [0.1, 0.15) is 13.2 Å². The van der Waals surface area contributed by atoms with Gasteiger partial charge in [0.25, 0.3) is 0 Å². The van der Waals surface area contributed by atoms with E-state index in [1.54, 1.807) is 0 Å². The molecular formula is C21H26N2O2S. The summed E-state index contributed by atoms with van der Waals surface area (Å²) in [5.74, 6) is 1.52. The van der Waals surface area contributed by atoms with Crippen LogP contribution in [0.2, 0.25) is 0 Å². The average molecular weight is 371 g/mol. The van der Waals surface area contributed by atoms with Gasteiger partial charge in [-0.15, -0.1) is 0 Å². The zero-order chi connectivity index (χ0) is 18.7. The molecule has 0 fully saturated rings. The molecule has 1 atom stereocenters. The van der Waals surface area contributed by atoms with Crippen LogP contribution in [0.5, 0.6) is 11.5 Å². The summed E-state index contributed by atoms with van der Waals surface area (Å²) in [5.41, 5.74) is 3.56. The van der Waals surface area contributed by atoms with Crippen LogP contribution in [-0.2, 0) is 5.41 Å². The van der Waals surface area contributed by atoms with E-state index in [0.717, 1.165) is 17.2 Å². The minimum Gasteiger partial charge on any atom is -0.486 e. The highest BCUT2D eigenvalue weighted by atomic mass is 32.1. The summed E-state index contributed by atoms with van der Waals surface area (Å²) >= 11 is 5.46. The summed E-state index contributed by atoms with van der Waals surface area (Å²) in [6.45, 7) is 9.91. The zero-order valence-corrected chi connectivity index (χ0v) is 16.6. The number of hydrogen-bond acceptors (Lipinski definition) is 3. The van der Waals surface area contributed by atoms with Gasteiger partial charge in [-0.2, -0.15) is 0 Å². The summed E-state index contributed by atoms with van der Waals surface area (Å²) < 4.78 is 11.1. The van der Waals surface area contributed by atoms with Crippen LogP contribution in [0, 0.1) is 0 Å². The molecule has 26 heavy (non-hydrogen) atoms. The quantitative estimate of drug-likeness (QED) is 0.760. The van der Waals surface area contributed by atoms with E-state index in [1.807, 2.05) is 18.2 Å². The van der Waals surface area contributed by atoms with E-state index in [-0.39, 0.29) is 11.5 Å². The van der Waals surface area contributed by atoms with Crippen LogP contribution in [0.25, 0.3) is 0 Å². The third-order valence-corrected chi connectivity index (χ3v) is 4.64. The summed E-state index contributed by atoms with van der Waals surface area (Å²) in [7, 11) is 0. The highest BCUT2D eigenvalue weighted by Gasteiger charge is 2.15. The fraction of sp³-hybridized carbons (Fsp3) is 0.381. The van der Waals surface area contributed by atoms with Gasteiger partial charge in [0.2, 0.25) is 0 Å². The Morgan fingerprint density at radius 2 is 1.65 bits per heavy atom. The number of anilines is 1. The standard InChI is InChI=1S/C21H26N2O2S/c1-14(15-5-7-16(8-6-15)21(2,3)4)22-20(26)23-17-9-10-18-19(13-17)25-12-11-24-18/h5-10,13-14H,11-12H2,1-4H3,(H2,22,23,26)/t14-/m1/s1. The molecule has 0 spiro atoms. The predicted octanol–water partition coefficient (Wildman–Crippen LogP) is 4.80. The third-order valence-electron chi connectivity index (χ3n) is 4.42. The molecule has 0 radical (unpaired) electrons. The molecule has 0 saturated carbocycles. The SMILES string of the molecule is C[C@@H](NC(=S)Nc1ccc2c(c1)OCCO2)c1ccc(C(C)(C)C)cc1. The van der Waals surface area contributed by atoms with Crippen molar-refractivity contribution in [2.24, 2.45) is 0 Å². The average Bonchev–Trinajstić information content (AvgIpc) is 2.61. The molecule has 0 bridgehead atoms. The number of hydrogen-bond donors (Lipinski definition) is 2. The van der Waals surface area contributed by atoms with Crippen molar-refractivity contribution in [2.75, 3.05) is 18.5 Å². The molecule has 0 aromatic heterocycles. The van der Waals surface area contributed by atoms with Crippen molar-refractivity contribution >= 4 is 23.0 Å². The van der Waals surface area contributed by atoms with Crippen LogP contribution in [-0.4, -0.2) is 18.3 Å². The van der Waals surface area contributed by atoms with E-state index in [0.29, 0.717) is 18.3 Å². The van der Waals surface area contributed by atoms with E-state index in [1.165, 1.54) is 11.1 Å². The molecular weight excluding hydrogens is 344 g/mol. The van der Waals surface area contributed by atoms with Gasteiger partial charge >= 0.3 is 0 Å². The van der Waals surface area contributed by atoms with Crippen molar-refractivity contribution < 1.29 is 9.47 Å². The fourth-order valence-corrected chi connectivity index (χ4v) is 3.13. The number of thiocarbonyl (C=S) groups is 1. The number of benzene rings is 2. The van der Waals surface area contributed by atoms with Crippen LogP contribution >= 0.6 is 12.2 Å². The summed E-state index contributed by atoms with van der Waals surface area (Å²) in [6, 6.07) is 14.5. The summed E-state index contributed by atoms with van der Waals surface area (Å²) in [6.07, 6.45) is 0. The van der Waals surface area contributed by atoms with Gasteiger partial charge in [-0.3, -0.25) is 0 Å². The van der Waals surface area contributed by atoms with Gasteiger partial charge in [-0.25, -0.2) is 0 Å². The van der Waals surface area contributed by atoms with Crippen LogP contribution in [0.1, 0.15) is 44.9 Å². The number of nitrogens with one attached hydrogen (secondary N) is 2. The van der Waals surface area contributed by atoms with Crippen molar-refractivity contribution in [3.63, 3.8) is 0 Å². The molecule has 1 aliphatic heterocycles. The van der Waals surface area contributed by atoms with Gasteiger partial charge in [0, 0.05) is 11.8 Å². The molecule has 5 heteroatoms. The fourth-order valence-electron chi connectivity index (χ4n) is 2.84. The number of rotatable bonds is 3. The Morgan fingerprint density at radius 1 is 1.00 bits per heavy atom. The molecule has 1 aliphatic rings. The van der Waals surface area contributed by atoms with Crippen molar-refractivity contribution in [1.82, 2.24) is 5.32 Å². The van der Waals surface area contributed by atoms with E-state index in [4.69, 9.17) is 21.7 Å². The summed E-state index contributed by atoms with van der Waals surface area (Å²) in [4.78, 5) is 0. The van der Waals surface area contributed by atoms with Gasteiger partial charge in [-0.05, 0) is 47.8 Å². The van der Waals surface area contributed by atoms with Crippen molar-refractivity contribution in [2.45, 2.75) is 39.2 Å². The number of ether oxygens (including phenoxy) is 2. The maximum Gasteiger partial charge on any atom is 0.171 e. The van der Waals surface area contributed by atoms with E-state index >= 15 is 0 Å². The van der Waals surface area contributed by atoms with Crippen molar-refractivity contribution in [3.05, 3.63) is 53.6 Å². The Kier molecular flexibility index (Phi) is 5.37. The summed E-state index contributed by atoms with van der Waals surface area (Å²) in [5, 5.41) is 7.12. The topological polar surface area (TPSA) is 42.5 Å². The lowest BCUT2D eigenvalue weighted by atomic mass is 9.86. The second-order valence-corrected chi connectivity index (χ2v) is 7.96. The molecule has 0 amide bonds. The first-order valence-corrected chi connectivity index (χ1v) is 9.31. The van der Waals surface area contributed by atoms with Gasteiger partial charge in [0.05, 0.1) is 6.04 Å². The number of fused-ring (bicyclic) bond motifs is 1. The Labute approximate surface area is 160 Å². The molecule has 138 valence electrons. The molecule has 1 heterocycles. The molecule has 2 N–H and O–H groups in total. The first-order chi connectivity index (χ1) is 12.3. The van der Waals surface area contributed by atoms with Crippen molar-refractivity contribution in [1.29, 1.82) is 0 Å². The molecule has 4 nitrogen and oxygen atoms in total. The molecule has 2 aromatic carbocycles. The highest BCUT2D eigenvalue weighted by Crippen LogP contribution is 2.32. The smallest absolute Gasteiger partial charge is 0.171 e. The maximum absolute atomic E-state index is 5.61. The normalized spacial score (nSPS) is 14.5. The molecule has 0 aliphatic carbocycles. The van der Waals surface area contributed by atoms with Crippen LogP contribution in [0.3, 0.4) is 0 Å². The van der Waals surface area contributed by atoms with Gasteiger partial charge < -0.3 is 20.1 Å². The lowest BCUT2D eigenvalue weighted by Crippen LogP contribution is -2.31. The predicted molar refractivity (Wildman–Crippen MR) is 110 cm³/mol. The molecule has 2 aromatic rings. The largest absolute Gasteiger partial charge is 0.486 e. The van der Waals surface area contributed by atoms with Crippen molar-refractivity contribution in [3.8, 4) is 11.5 Å². The minimum atomic E-state index is 0.112. The molecule has 3 rings (SSSR count). The van der Waals surface area contributed by atoms with Gasteiger partial charge in [0.15, 0.2) is 16.6 Å². The lowest BCUT2D eigenvalue weighted by Gasteiger charge is -2.22. The van der Waals surface area contributed by atoms with E-state index < -0.39 is 0 Å². The monoisotopic (exact) mass is 370 g/mol.